The van der Waals surface area contributed by atoms with Crippen LogP contribution in [0, 0.1) is 12.7 Å². The first-order valence-electron chi connectivity index (χ1n) is 10.9. The number of rotatable bonds is 7. The summed E-state index contributed by atoms with van der Waals surface area (Å²) in [5.41, 5.74) is 11.2. The molecule has 0 saturated heterocycles. The monoisotopic (exact) mass is 466 g/mol. The molecule has 0 radical (unpaired) electrons. The van der Waals surface area contributed by atoms with Gasteiger partial charge in [0.2, 0.25) is 0 Å². The summed E-state index contributed by atoms with van der Waals surface area (Å²) in [5, 5.41) is 8.46. The summed E-state index contributed by atoms with van der Waals surface area (Å²) in [4.78, 5) is 6.92. The van der Waals surface area contributed by atoms with E-state index in [-0.39, 0.29) is 5.82 Å². The highest BCUT2D eigenvalue weighted by molar-refractivity contribution is 6.30. The van der Waals surface area contributed by atoms with Crippen LogP contribution in [0.25, 0.3) is 27.9 Å². The predicted octanol–water partition coefficient (Wildman–Crippen LogP) is 5.50. The van der Waals surface area contributed by atoms with E-state index in [1.165, 1.54) is 6.07 Å². The second-order valence-corrected chi connectivity index (χ2v) is 8.80. The summed E-state index contributed by atoms with van der Waals surface area (Å²) >= 11 is 6.17. The van der Waals surface area contributed by atoms with Crippen LogP contribution in [0.4, 0.5) is 15.9 Å². The Hall–Kier alpha value is -3.16. The topological polar surface area (TPSA) is 71.5 Å². The second kappa shape index (κ2) is 9.37. The first kappa shape index (κ1) is 23.0. The van der Waals surface area contributed by atoms with E-state index in [4.69, 9.17) is 22.3 Å². The largest absolute Gasteiger partial charge is 0.383 e. The van der Waals surface area contributed by atoms with Crippen LogP contribution in [0.2, 0.25) is 5.02 Å². The van der Waals surface area contributed by atoms with Crippen molar-refractivity contribution in [3.63, 3.8) is 0 Å². The average Bonchev–Trinajstić information content (AvgIpc) is 3.19. The van der Waals surface area contributed by atoms with Crippen LogP contribution in [0.3, 0.4) is 0 Å². The third kappa shape index (κ3) is 4.51. The van der Waals surface area contributed by atoms with E-state index in [1.807, 2.05) is 25.1 Å². The Morgan fingerprint density at radius 2 is 1.97 bits per heavy atom. The molecule has 172 valence electrons. The van der Waals surface area contributed by atoms with E-state index in [0.29, 0.717) is 33.7 Å². The Morgan fingerprint density at radius 1 is 1.18 bits per heavy atom. The van der Waals surface area contributed by atoms with Crippen molar-refractivity contribution in [2.45, 2.75) is 26.3 Å². The minimum atomic E-state index is -0.341. The molecule has 0 aliphatic rings. The lowest BCUT2D eigenvalue weighted by atomic mass is 10.0. The van der Waals surface area contributed by atoms with Gasteiger partial charge in [0.15, 0.2) is 5.65 Å². The van der Waals surface area contributed by atoms with Crippen molar-refractivity contribution < 1.29 is 4.39 Å². The van der Waals surface area contributed by atoms with Gasteiger partial charge in [-0.3, -0.25) is 0 Å². The third-order valence-corrected chi connectivity index (χ3v) is 6.21. The zero-order valence-corrected chi connectivity index (χ0v) is 20.0. The van der Waals surface area contributed by atoms with E-state index in [2.05, 4.69) is 36.3 Å². The number of fused-ring (bicyclic) bond motifs is 1. The van der Waals surface area contributed by atoms with Crippen molar-refractivity contribution in [3.05, 3.63) is 65.2 Å². The predicted molar refractivity (Wildman–Crippen MR) is 134 cm³/mol. The minimum Gasteiger partial charge on any atom is -0.383 e. The lowest BCUT2D eigenvalue weighted by Crippen LogP contribution is -2.33. The molecule has 0 amide bonds. The molecular formula is C25H28ClFN6. The summed E-state index contributed by atoms with van der Waals surface area (Å²) in [6, 6.07) is 12.8. The quantitative estimate of drug-likeness (QED) is 0.376. The van der Waals surface area contributed by atoms with Crippen LogP contribution in [0.1, 0.15) is 19.0 Å². The Bertz CT molecular complexity index is 1300. The number of hydrogen-bond acceptors (Lipinski definition) is 5. The number of nitrogens with two attached hydrogens (primary N) is 1. The highest BCUT2D eigenvalue weighted by Crippen LogP contribution is 2.35. The molecule has 0 fully saturated rings. The number of likely N-dealkylation sites (N-methyl/N-ethyl adjacent to an activating group) is 1. The summed E-state index contributed by atoms with van der Waals surface area (Å²) in [5.74, 6) is 0.0875. The number of aryl methyl sites for hydroxylation is 1. The van der Waals surface area contributed by atoms with Gasteiger partial charge in [-0.2, -0.15) is 9.61 Å². The summed E-state index contributed by atoms with van der Waals surface area (Å²) < 4.78 is 16.4. The SMILES string of the molecule is CCC(CNc1ccc(F)c(-c2cnn3c(N)c(-c4cccc(Cl)c4)c(C)nc23)c1)N(C)C. The fraction of sp³-hybridized carbons (Fsp3) is 0.280. The van der Waals surface area contributed by atoms with Crippen LogP contribution in [0.15, 0.2) is 48.7 Å². The molecule has 6 nitrogen and oxygen atoms in total. The molecule has 0 bridgehead atoms. The summed E-state index contributed by atoms with van der Waals surface area (Å²) in [6.45, 7) is 4.79. The van der Waals surface area contributed by atoms with Crippen LogP contribution in [0.5, 0.6) is 0 Å². The third-order valence-electron chi connectivity index (χ3n) is 5.98. The van der Waals surface area contributed by atoms with Gasteiger partial charge in [0.1, 0.15) is 11.6 Å². The van der Waals surface area contributed by atoms with Crippen LogP contribution < -0.4 is 11.1 Å². The number of nitrogens with one attached hydrogen (secondary N) is 1. The van der Waals surface area contributed by atoms with E-state index in [1.54, 1.807) is 28.9 Å². The second-order valence-electron chi connectivity index (χ2n) is 8.36. The molecule has 1 atom stereocenters. The van der Waals surface area contributed by atoms with Crippen molar-refractivity contribution >= 4 is 28.8 Å². The average molecular weight is 467 g/mol. The van der Waals surface area contributed by atoms with Gasteiger partial charge in [-0.1, -0.05) is 30.7 Å². The molecule has 0 saturated carbocycles. The van der Waals surface area contributed by atoms with Gasteiger partial charge in [-0.15, -0.1) is 0 Å². The smallest absolute Gasteiger partial charge is 0.165 e. The molecular weight excluding hydrogens is 439 g/mol. The standard InChI is InChI=1S/C25H28ClFN6/c1-5-19(32(3)4)13-29-18-9-10-22(27)20(12-18)21-14-30-33-24(28)23(15(2)31-25(21)33)16-7-6-8-17(26)11-16/h6-12,14,19,29H,5,13,28H2,1-4H3. The molecule has 0 spiro atoms. The maximum atomic E-state index is 14.9. The van der Waals surface area contributed by atoms with Gasteiger partial charge < -0.3 is 16.0 Å². The lowest BCUT2D eigenvalue weighted by molar-refractivity contribution is 0.298. The zero-order valence-electron chi connectivity index (χ0n) is 19.2. The van der Waals surface area contributed by atoms with Gasteiger partial charge in [-0.25, -0.2) is 9.37 Å². The molecule has 8 heteroatoms. The van der Waals surface area contributed by atoms with Gasteiger partial charge in [0, 0.05) is 40.0 Å². The van der Waals surface area contributed by atoms with E-state index in [9.17, 15) is 4.39 Å². The molecule has 1 unspecified atom stereocenters. The zero-order chi connectivity index (χ0) is 23.7. The summed E-state index contributed by atoms with van der Waals surface area (Å²) in [7, 11) is 4.11. The van der Waals surface area contributed by atoms with Gasteiger partial charge in [-0.05, 0) is 63.3 Å². The fourth-order valence-electron chi connectivity index (χ4n) is 4.09. The molecule has 33 heavy (non-hydrogen) atoms. The molecule has 0 aliphatic carbocycles. The van der Waals surface area contributed by atoms with Gasteiger partial charge in [0.25, 0.3) is 0 Å². The van der Waals surface area contributed by atoms with Crippen LogP contribution >= 0.6 is 11.6 Å². The number of halogens is 2. The summed E-state index contributed by atoms with van der Waals surface area (Å²) in [6.07, 6.45) is 2.62. The Labute approximate surface area is 198 Å². The number of anilines is 2. The molecule has 2 aromatic heterocycles. The van der Waals surface area contributed by atoms with E-state index < -0.39 is 0 Å². The first-order valence-corrected chi connectivity index (χ1v) is 11.3. The number of hydrogen-bond donors (Lipinski definition) is 2. The fourth-order valence-corrected chi connectivity index (χ4v) is 4.28. The van der Waals surface area contributed by atoms with E-state index >= 15 is 0 Å². The molecule has 0 aliphatic heterocycles. The molecule has 4 aromatic rings. The molecule has 4 rings (SSSR count). The molecule has 2 heterocycles. The number of nitrogen functional groups attached to an aromatic ring is 1. The maximum Gasteiger partial charge on any atom is 0.165 e. The van der Waals surface area contributed by atoms with Crippen molar-refractivity contribution in [3.8, 4) is 22.3 Å². The lowest BCUT2D eigenvalue weighted by Gasteiger charge is -2.23. The molecule has 3 N–H and O–H groups in total. The first-order chi connectivity index (χ1) is 15.8. The Kier molecular flexibility index (Phi) is 6.54. The highest BCUT2D eigenvalue weighted by Gasteiger charge is 2.19. The van der Waals surface area contributed by atoms with Crippen LogP contribution in [-0.2, 0) is 0 Å². The number of benzene rings is 2. The highest BCUT2D eigenvalue weighted by atomic mass is 35.5. The number of aromatic nitrogens is 3. The Morgan fingerprint density at radius 3 is 2.67 bits per heavy atom. The van der Waals surface area contributed by atoms with Crippen molar-refractivity contribution in [1.29, 1.82) is 0 Å². The van der Waals surface area contributed by atoms with Gasteiger partial charge in [0.05, 0.1) is 11.9 Å². The van der Waals surface area contributed by atoms with E-state index in [0.717, 1.165) is 35.5 Å². The maximum absolute atomic E-state index is 14.9. The molecule has 2 aromatic carbocycles. The van der Waals surface area contributed by atoms with Crippen molar-refractivity contribution in [2.75, 3.05) is 31.7 Å². The normalized spacial score (nSPS) is 12.5. The van der Waals surface area contributed by atoms with Crippen molar-refractivity contribution in [1.82, 2.24) is 19.5 Å². The van der Waals surface area contributed by atoms with Crippen molar-refractivity contribution in [2.24, 2.45) is 0 Å². The minimum absolute atomic E-state index is 0.341. The van der Waals surface area contributed by atoms with Crippen LogP contribution in [-0.4, -0.2) is 46.2 Å². The Balaban J connectivity index is 1.75. The van der Waals surface area contributed by atoms with Gasteiger partial charge >= 0.3 is 0 Å². The number of nitrogens with zero attached hydrogens (tertiary/aromatic N) is 4.